The topological polar surface area (TPSA) is 28.2 Å². The van der Waals surface area contributed by atoms with Crippen LogP contribution in [0.2, 0.25) is 0 Å². The number of nitrogens with one attached hydrogen (secondary N) is 1. The van der Waals surface area contributed by atoms with E-state index in [-0.39, 0.29) is 5.41 Å². The number of thiazole rings is 1. The second-order valence-electron chi connectivity index (χ2n) is 5.42. The fourth-order valence-corrected chi connectivity index (χ4v) is 3.40. The molecule has 0 unspecified atom stereocenters. The Kier molecular flexibility index (Phi) is 2.97. The molecular weight excluding hydrogens is 218 g/mol. The van der Waals surface area contributed by atoms with Gasteiger partial charge in [-0.1, -0.05) is 13.8 Å². The minimum Gasteiger partial charge on any atom is -0.365 e. The molecule has 0 saturated heterocycles. The molecule has 90 valence electrons. The summed E-state index contributed by atoms with van der Waals surface area (Å²) in [7, 11) is 1.94. The Morgan fingerprint density at radius 3 is 2.69 bits per heavy atom. The Hall–Kier alpha value is -0.610. The normalized spacial score (nSPS) is 19.9. The number of rotatable bonds is 2. The molecule has 0 radical (unpaired) electrons. The maximum Gasteiger partial charge on any atom is 0.182 e. The third kappa shape index (κ3) is 1.96. The summed E-state index contributed by atoms with van der Waals surface area (Å²) in [6.07, 6.45) is 0. The number of fused-ring (bicyclic) bond motifs is 1. The van der Waals surface area contributed by atoms with Gasteiger partial charge in [0.2, 0.25) is 0 Å². The highest BCUT2D eigenvalue weighted by Crippen LogP contribution is 2.38. The zero-order valence-electron chi connectivity index (χ0n) is 10.8. The van der Waals surface area contributed by atoms with Gasteiger partial charge in [0, 0.05) is 36.5 Å². The molecule has 2 rings (SSSR count). The Bertz CT molecular complexity index is 382. The van der Waals surface area contributed by atoms with E-state index >= 15 is 0 Å². The van der Waals surface area contributed by atoms with E-state index in [4.69, 9.17) is 4.98 Å². The van der Waals surface area contributed by atoms with Crippen LogP contribution in [0.1, 0.15) is 38.3 Å². The summed E-state index contributed by atoms with van der Waals surface area (Å²) in [4.78, 5) is 8.65. The van der Waals surface area contributed by atoms with Crippen LogP contribution in [-0.4, -0.2) is 29.5 Å². The zero-order chi connectivity index (χ0) is 11.9. The molecule has 1 aliphatic heterocycles. The number of hydrogen-bond donors (Lipinski definition) is 1. The number of nitrogens with zero attached hydrogens (tertiary/aromatic N) is 2. The quantitative estimate of drug-likeness (QED) is 0.860. The van der Waals surface area contributed by atoms with E-state index in [1.165, 1.54) is 10.6 Å². The predicted molar refractivity (Wildman–Crippen MR) is 70.2 cm³/mol. The van der Waals surface area contributed by atoms with Gasteiger partial charge >= 0.3 is 0 Å². The summed E-state index contributed by atoms with van der Waals surface area (Å²) in [5, 5.41) is 4.20. The molecule has 0 bridgehead atoms. The molecule has 16 heavy (non-hydrogen) atoms. The van der Waals surface area contributed by atoms with Crippen molar-refractivity contribution in [2.24, 2.45) is 0 Å². The number of aromatic nitrogens is 1. The van der Waals surface area contributed by atoms with Crippen molar-refractivity contribution in [3.05, 3.63) is 10.6 Å². The lowest BCUT2D eigenvalue weighted by atomic mass is 9.84. The smallest absolute Gasteiger partial charge is 0.182 e. The zero-order valence-corrected chi connectivity index (χ0v) is 11.6. The van der Waals surface area contributed by atoms with Crippen molar-refractivity contribution in [2.45, 2.75) is 45.7 Å². The van der Waals surface area contributed by atoms with Crippen LogP contribution in [0.15, 0.2) is 0 Å². The van der Waals surface area contributed by atoms with Gasteiger partial charge in [0.25, 0.3) is 0 Å². The fourth-order valence-electron chi connectivity index (χ4n) is 2.28. The molecule has 0 saturated carbocycles. The van der Waals surface area contributed by atoms with Crippen LogP contribution < -0.4 is 5.32 Å². The van der Waals surface area contributed by atoms with Crippen molar-refractivity contribution in [3.8, 4) is 0 Å². The van der Waals surface area contributed by atoms with E-state index in [1.807, 2.05) is 7.05 Å². The van der Waals surface area contributed by atoms with Crippen LogP contribution in [0.5, 0.6) is 0 Å². The lowest BCUT2D eigenvalue weighted by molar-refractivity contribution is 0.155. The first-order chi connectivity index (χ1) is 7.44. The highest BCUT2D eigenvalue weighted by molar-refractivity contribution is 7.15. The molecule has 0 amide bonds. The Morgan fingerprint density at radius 1 is 1.44 bits per heavy atom. The average Bonchev–Trinajstić information content (AvgIpc) is 2.60. The monoisotopic (exact) mass is 239 g/mol. The lowest BCUT2D eigenvalue weighted by Gasteiger charge is -2.39. The highest BCUT2D eigenvalue weighted by Gasteiger charge is 2.35. The molecular formula is C12H21N3S. The molecule has 1 aromatic heterocycles. The molecule has 2 heterocycles. The number of hydrogen-bond acceptors (Lipinski definition) is 4. The van der Waals surface area contributed by atoms with Crippen molar-refractivity contribution in [2.75, 3.05) is 18.9 Å². The molecule has 0 aliphatic carbocycles. The van der Waals surface area contributed by atoms with Crippen LogP contribution in [0, 0.1) is 0 Å². The predicted octanol–water partition coefficient (Wildman–Crippen LogP) is 2.69. The van der Waals surface area contributed by atoms with Crippen molar-refractivity contribution in [3.63, 3.8) is 0 Å². The molecule has 1 aliphatic rings. The van der Waals surface area contributed by atoms with Crippen molar-refractivity contribution in [1.29, 1.82) is 0 Å². The summed E-state index contributed by atoms with van der Waals surface area (Å²) in [5.41, 5.74) is 1.46. The molecule has 1 aromatic rings. The van der Waals surface area contributed by atoms with Crippen molar-refractivity contribution < 1.29 is 0 Å². The van der Waals surface area contributed by atoms with Gasteiger partial charge in [-0.25, -0.2) is 4.98 Å². The van der Waals surface area contributed by atoms with Gasteiger partial charge in [0.15, 0.2) is 5.13 Å². The van der Waals surface area contributed by atoms with Gasteiger partial charge in [-0.15, -0.1) is 11.3 Å². The standard InChI is InChI=1S/C12H21N3S/c1-8(2)15-6-9-10(12(3,4)7-15)14-11(13-5)16-9/h8H,6-7H2,1-5H3,(H,13,14). The first-order valence-electron chi connectivity index (χ1n) is 5.86. The summed E-state index contributed by atoms with van der Waals surface area (Å²) in [5.74, 6) is 0. The first-order valence-corrected chi connectivity index (χ1v) is 6.67. The molecule has 4 heteroatoms. The highest BCUT2D eigenvalue weighted by atomic mass is 32.1. The molecule has 1 N–H and O–H groups in total. The van der Waals surface area contributed by atoms with Crippen LogP contribution in [-0.2, 0) is 12.0 Å². The summed E-state index contributed by atoms with van der Waals surface area (Å²) >= 11 is 1.79. The van der Waals surface area contributed by atoms with Gasteiger partial charge < -0.3 is 5.32 Å². The average molecular weight is 239 g/mol. The van der Waals surface area contributed by atoms with E-state index in [0.29, 0.717) is 6.04 Å². The van der Waals surface area contributed by atoms with Gasteiger partial charge in [-0.05, 0) is 13.8 Å². The molecule has 0 fully saturated rings. The van der Waals surface area contributed by atoms with E-state index in [0.717, 1.165) is 18.2 Å². The third-order valence-electron chi connectivity index (χ3n) is 3.23. The van der Waals surface area contributed by atoms with Crippen molar-refractivity contribution in [1.82, 2.24) is 9.88 Å². The summed E-state index contributed by atoms with van der Waals surface area (Å²) in [6, 6.07) is 0.604. The third-order valence-corrected chi connectivity index (χ3v) is 4.29. The maximum absolute atomic E-state index is 4.70. The minimum absolute atomic E-state index is 0.170. The lowest BCUT2D eigenvalue weighted by Crippen LogP contribution is -2.44. The molecule has 0 aromatic carbocycles. The second kappa shape index (κ2) is 4.00. The minimum atomic E-state index is 0.170. The van der Waals surface area contributed by atoms with Crippen LogP contribution in [0.25, 0.3) is 0 Å². The maximum atomic E-state index is 4.70. The SMILES string of the molecule is CNc1nc2c(s1)CN(C(C)C)CC2(C)C. The molecule has 0 atom stereocenters. The van der Waals surface area contributed by atoms with Gasteiger partial charge in [0.05, 0.1) is 5.69 Å². The van der Waals surface area contributed by atoms with Crippen LogP contribution >= 0.6 is 11.3 Å². The van der Waals surface area contributed by atoms with E-state index in [1.54, 1.807) is 11.3 Å². The number of anilines is 1. The Labute approximate surface area is 102 Å². The molecule has 0 spiro atoms. The molecule has 3 nitrogen and oxygen atoms in total. The first kappa shape index (κ1) is 11.9. The van der Waals surface area contributed by atoms with Crippen molar-refractivity contribution >= 4 is 16.5 Å². The van der Waals surface area contributed by atoms with Gasteiger partial charge in [0.1, 0.15) is 0 Å². The Balaban J connectivity index is 2.37. The largest absolute Gasteiger partial charge is 0.365 e. The van der Waals surface area contributed by atoms with Crippen LogP contribution in [0.3, 0.4) is 0 Å². The van der Waals surface area contributed by atoms with E-state index < -0.39 is 0 Å². The van der Waals surface area contributed by atoms with Crippen LogP contribution in [0.4, 0.5) is 5.13 Å². The fraction of sp³-hybridized carbons (Fsp3) is 0.750. The van der Waals surface area contributed by atoms with Gasteiger partial charge in [-0.2, -0.15) is 0 Å². The van der Waals surface area contributed by atoms with E-state index in [2.05, 4.69) is 37.9 Å². The van der Waals surface area contributed by atoms with E-state index in [9.17, 15) is 0 Å². The Morgan fingerprint density at radius 2 is 2.12 bits per heavy atom. The summed E-state index contributed by atoms with van der Waals surface area (Å²) < 4.78 is 0. The van der Waals surface area contributed by atoms with Gasteiger partial charge in [-0.3, -0.25) is 4.90 Å². The second-order valence-corrected chi connectivity index (χ2v) is 6.51. The summed E-state index contributed by atoms with van der Waals surface area (Å²) in [6.45, 7) is 11.3.